The van der Waals surface area contributed by atoms with Crippen molar-refractivity contribution in [1.82, 2.24) is 0 Å². The van der Waals surface area contributed by atoms with Gasteiger partial charge in [0.05, 0.1) is 8.07 Å². The van der Waals surface area contributed by atoms with Crippen molar-refractivity contribution in [3.63, 3.8) is 0 Å². The standard InChI is InChI=1S/C17H16F2Si/c1-20(2,3)15-9-6-13(7-10-15)4-5-14-8-11-16(18)17(19)12-14/h6-12H,1-3H3. The van der Waals surface area contributed by atoms with Crippen LogP contribution in [0.15, 0.2) is 42.5 Å². The lowest BCUT2D eigenvalue weighted by Crippen LogP contribution is -2.37. The van der Waals surface area contributed by atoms with Crippen LogP contribution in [0, 0.1) is 23.5 Å². The van der Waals surface area contributed by atoms with Gasteiger partial charge in [0.25, 0.3) is 0 Å². The van der Waals surface area contributed by atoms with Crippen LogP contribution in [0.3, 0.4) is 0 Å². The van der Waals surface area contributed by atoms with Gasteiger partial charge in [-0.3, -0.25) is 0 Å². The molecule has 0 atom stereocenters. The SMILES string of the molecule is C[Si](C)(C)c1ccc(C#Cc2ccc(F)c(F)c2)cc1. The van der Waals surface area contributed by atoms with Gasteiger partial charge >= 0.3 is 0 Å². The Morgan fingerprint density at radius 3 is 1.85 bits per heavy atom. The summed E-state index contributed by atoms with van der Waals surface area (Å²) in [6, 6.07) is 11.8. The Bertz CT molecular complexity index is 671. The molecule has 0 heterocycles. The van der Waals surface area contributed by atoms with Gasteiger partial charge in [0.2, 0.25) is 0 Å². The molecule has 0 radical (unpaired) electrons. The minimum absolute atomic E-state index is 0.471. The highest BCUT2D eigenvalue weighted by atomic mass is 28.3. The molecule has 2 aromatic rings. The average molecular weight is 286 g/mol. The molecule has 0 aliphatic rings. The van der Waals surface area contributed by atoms with E-state index in [-0.39, 0.29) is 0 Å². The van der Waals surface area contributed by atoms with Crippen molar-refractivity contribution in [3.8, 4) is 11.8 Å². The smallest absolute Gasteiger partial charge is 0.160 e. The summed E-state index contributed by atoms with van der Waals surface area (Å²) in [6.45, 7) is 6.86. The molecular formula is C17H16F2Si. The molecular weight excluding hydrogens is 270 g/mol. The maximum absolute atomic E-state index is 13.1. The second kappa shape index (κ2) is 5.60. The summed E-state index contributed by atoms with van der Waals surface area (Å²) in [5, 5.41) is 1.37. The molecule has 0 saturated carbocycles. The van der Waals surface area contributed by atoms with E-state index in [9.17, 15) is 8.78 Å². The van der Waals surface area contributed by atoms with E-state index in [1.165, 1.54) is 11.3 Å². The Labute approximate surface area is 119 Å². The summed E-state index contributed by atoms with van der Waals surface area (Å²) in [6.07, 6.45) is 0. The monoisotopic (exact) mass is 286 g/mol. The summed E-state index contributed by atoms with van der Waals surface area (Å²) < 4.78 is 25.8. The van der Waals surface area contributed by atoms with E-state index in [2.05, 4.69) is 43.6 Å². The largest absolute Gasteiger partial charge is 0.204 e. The Balaban J connectivity index is 2.22. The predicted octanol–water partition coefficient (Wildman–Crippen LogP) is 3.91. The second-order valence-corrected chi connectivity index (χ2v) is 10.8. The van der Waals surface area contributed by atoms with E-state index in [1.807, 2.05) is 12.1 Å². The first-order valence-corrected chi connectivity index (χ1v) is 9.94. The fraction of sp³-hybridized carbons (Fsp3) is 0.176. The zero-order valence-corrected chi connectivity index (χ0v) is 12.8. The fourth-order valence-corrected chi connectivity index (χ4v) is 2.94. The lowest BCUT2D eigenvalue weighted by atomic mass is 10.2. The molecule has 0 saturated heterocycles. The molecule has 0 amide bonds. The zero-order chi connectivity index (χ0) is 14.8. The van der Waals surface area contributed by atoms with E-state index < -0.39 is 19.7 Å². The van der Waals surface area contributed by atoms with Crippen molar-refractivity contribution in [1.29, 1.82) is 0 Å². The van der Waals surface area contributed by atoms with E-state index >= 15 is 0 Å². The van der Waals surface area contributed by atoms with Crippen LogP contribution in [-0.2, 0) is 0 Å². The third-order valence-corrected chi connectivity index (χ3v) is 5.09. The summed E-state index contributed by atoms with van der Waals surface area (Å²) in [5.41, 5.74) is 1.34. The molecule has 0 aliphatic heterocycles. The molecule has 3 heteroatoms. The molecule has 0 bridgehead atoms. The predicted molar refractivity (Wildman–Crippen MR) is 81.8 cm³/mol. The maximum Gasteiger partial charge on any atom is 0.160 e. The van der Waals surface area contributed by atoms with E-state index in [0.717, 1.165) is 17.7 Å². The highest BCUT2D eigenvalue weighted by Crippen LogP contribution is 2.08. The quantitative estimate of drug-likeness (QED) is 0.551. The normalized spacial score (nSPS) is 10.8. The summed E-state index contributed by atoms with van der Waals surface area (Å²) >= 11 is 0. The van der Waals surface area contributed by atoms with Gasteiger partial charge in [0.15, 0.2) is 11.6 Å². The van der Waals surface area contributed by atoms with Crippen molar-refractivity contribution in [2.75, 3.05) is 0 Å². The van der Waals surface area contributed by atoms with Gasteiger partial charge < -0.3 is 0 Å². The van der Waals surface area contributed by atoms with Gasteiger partial charge in [-0.05, 0) is 30.3 Å². The third kappa shape index (κ3) is 3.55. The van der Waals surface area contributed by atoms with Gasteiger partial charge in [-0.2, -0.15) is 0 Å². The Kier molecular flexibility index (Phi) is 4.06. The Hall–Kier alpha value is -1.92. The number of rotatable bonds is 1. The van der Waals surface area contributed by atoms with E-state index in [4.69, 9.17) is 0 Å². The molecule has 0 unspecified atom stereocenters. The van der Waals surface area contributed by atoms with Crippen molar-refractivity contribution >= 4 is 13.3 Å². The number of hydrogen-bond donors (Lipinski definition) is 0. The topological polar surface area (TPSA) is 0 Å². The minimum atomic E-state index is -1.30. The van der Waals surface area contributed by atoms with Crippen LogP contribution in [0.4, 0.5) is 8.78 Å². The van der Waals surface area contributed by atoms with Crippen LogP contribution in [0.5, 0.6) is 0 Å². The van der Waals surface area contributed by atoms with Crippen molar-refractivity contribution < 1.29 is 8.78 Å². The fourth-order valence-electron chi connectivity index (χ4n) is 1.77. The first-order valence-electron chi connectivity index (χ1n) is 6.44. The molecule has 0 nitrogen and oxygen atoms in total. The van der Waals surface area contributed by atoms with E-state index in [1.54, 1.807) is 0 Å². The number of halogens is 2. The molecule has 0 N–H and O–H groups in total. The molecule has 2 rings (SSSR count). The van der Waals surface area contributed by atoms with Crippen molar-refractivity contribution in [3.05, 3.63) is 65.2 Å². The molecule has 0 spiro atoms. The lowest BCUT2D eigenvalue weighted by molar-refractivity contribution is 0.508. The van der Waals surface area contributed by atoms with Crippen LogP contribution >= 0.6 is 0 Å². The van der Waals surface area contributed by atoms with Crippen molar-refractivity contribution in [2.24, 2.45) is 0 Å². The highest BCUT2D eigenvalue weighted by Gasteiger charge is 2.15. The van der Waals surface area contributed by atoms with E-state index in [0.29, 0.717) is 5.56 Å². The van der Waals surface area contributed by atoms with Crippen LogP contribution in [0.2, 0.25) is 19.6 Å². The van der Waals surface area contributed by atoms with Crippen LogP contribution < -0.4 is 5.19 Å². The third-order valence-electron chi connectivity index (χ3n) is 3.02. The first-order chi connectivity index (χ1) is 9.36. The van der Waals surface area contributed by atoms with Crippen LogP contribution in [-0.4, -0.2) is 8.07 Å². The van der Waals surface area contributed by atoms with Gasteiger partial charge in [-0.15, -0.1) is 0 Å². The molecule has 102 valence electrons. The average Bonchev–Trinajstić information content (AvgIpc) is 2.40. The minimum Gasteiger partial charge on any atom is -0.204 e. The summed E-state index contributed by atoms with van der Waals surface area (Å²) in [7, 11) is -1.30. The highest BCUT2D eigenvalue weighted by molar-refractivity contribution is 6.88. The molecule has 0 aromatic heterocycles. The van der Waals surface area contributed by atoms with Crippen LogP contribution in [0.1, 0.15) is 11.1 Å². The van der Waals surface area contributed by atoms with Gasteiger partial charge in [0.1, 0.15) is 0 Å². The molecule has 0 aliphatic carbocycles. The zero-order valence-electron chi connectivity index (χ0n) is 11.8. The molecule has 0 fully saturated rings. The lowest BCUT2D eigenvalue weighted by Gasteiger charge is -2.15. The Morgan fingerprint density at radius 1 is 0.750 bits per heavy atom. The maximum atomic E-state index is 13.1. The summed E-state index contributed by atoms with van der Waals surface area (Å²) in [5.74, 6) is 4.08. The number of hydrogen-bond acceptors (Lipinski definition) is 0. The van der Waals surface area contributed by atoms with Gasteiger partial charge in [-0.25, -0.2) is 8.78 Å². The molecule has 2 aromatic carbocycles. The van der Waals surface area contributed by atoms with Crippen LogP contribution in [0.25, 0.3) is 0 Å². The second-order valence-electron chi connectivity index (χ2n) is 5.71. The van der Waals surface area contributed by atoms with Gasteiger partial charge in [0, 0.05) is 11.1 Å². The number of benzene rings is 2. The van der Waals surface area contributed by atoms with Crippen molar-refractivity contribution in [2.45, 2.75) is 19.6 Å². The first kappa shape index (κ1) is 14.5. The Morgan fingerprint density at radius 2 is 1.30 bits per heavy atom. The molecule has 20 heavy (non-hydrogen) atoms. The summed E-state index contributed by atoms with van der Waals surface area (Å²) in [4.78, 5) is 0. The van der Waals surface area contributed by atoms with Gasteiger partial charge in [-0.1, -0.05) is 48.8 Å².